The Balaban J connectivity index is 1.98. The smallest absolute Gasteiger partial charge is 0.280 e. The molecule has 0 aliphatic rings. The molecular weight excluding hydrogens is 368 g/mol. The number of aryl methyl sites for hydroxylation is 1. The summed E-state index contributed by atoms with van der Waals surface area (Å²) >= 11 is 3.34. The van der Waals surface area contributed by atoms with Crippen LogP contribution in [0.25, 0.3) is 0 Å². The SMILES string of the molecule is Cc1nc(S(=O)(=O)Cl)cn1CCOc1ccc(Br)cc1. The molecular formula is C12H12BrClN2O3S. The van der Waals surface area contributed by atoms with Gasteiger partial charge in [-0.25, -0.2) is 13.4 Å². The number of imidazole rings is 1. The van der Waals surface area contributed by atoms with Crippen LogP contribution in [0.1, 0.15) is 5.82 Å². The normalized spacial score (nSPS) is 11.6. The molecule has 0 aliphatic heterocycles. The maximum atomic E-state index is 11.2. The first-order valence-corrected chi connectivity index (χ1v) is 8.83. The van der Waals surface area contributed by atoms with Gasteiger partial charge in [-0.3, -0.25) is 0 Å². The number of benzene rings is 1. The van der Waals surface area contributed by atoms with Gasteiger partial charge in [-0.05, 0) is 31.2 Å². The van der Waals surface area contributed by atoms with Gasteiger partial charge >= 0.3 is 0 Å². The maximum absolute atomic E-state index is 11.2. The average molecular weight is 380 g/mol. The van der Waals surface area contributed by atoms with Crippen LogP contribution in [0.4, 0.5) is 0 Å². The second kappa shape index (κ2) is 6.15. The second-order valence-corrected chi connectivity index (χ2v) is 7.49. The van der Waals surface area contributed by atoms with Crippen molar-refractivity contribution in [1.82, 2.24) is 9.55 Å². The molecule has 0 radical (unpaired) electrons. The lowest BCUT2D eigenvalue weighted by molar-refractivity contribution is 0.297. The summed E-state index contributed by atoms with van der Waals surface area (Å²) in [6.07, 6.45) is 1.41. The van der Waals surface area contributed by atoms with E-state index in [9.17, 15) is 8.42 Å². The fourth-order valence-corrected chi connectivity index (χ4v) is 2.60. The Hall–Kier alpha value is -1.05. The molecule has 1 heterocycles. The van der Waals surface area contributed by atoms with E-state index in [2.05, 4.69) is 20.9 Å². The summed E-state index contributed by atoms with van der Waals surface area (Å²) in [5.41, 5.74) is 0. The van der Waals surface area contributed by atoms with Crippen molar-refractivity contribution in [2.24, 2.45) is 0 Å². The van der Waals surface area contributed by atoms with Crippen molar-refractivity contribution in [3.05, 3.63) is 40.8 Å². The van der Waals surface area contributed by atoms with Gasteiger partial charge in [0.25, 0.3) is 9.05 Å². The zero-order valence-electron chi connectivity index (χ0n) is 10.6. The van der Waals surface area contributed by atoms with Crippen molar-refractivity contribution < 1.29 is 13.2 Å². The van der Waals surface area contributed by atoms with Gasteiger partial charge in [0.2, 0.25) is 0 Å². The van der Waals surface area contributed by atoms with Crippen molar-refractivity contribution in [2.45, 2.75) is 18.5 Å². The van der Waals surface area contributed by atoms with Crippen LogP contribution in [-0.4, -0.2) is 24.6 Å². The molecule has 8 heteroatoms. The molecule has 1 aromatic carbocycles. The lowest BCUT2D eigenvalue weighted by atomic mass is 10.3. The highest BCUT2D eigenvalue weighted by atomic mass is 79.9. The van der Waals surface area contributed by atoms with Crippen LogP contribution >= 0.6 is 26.6 Å². The molecule has 1 aromatic heterocycles. The van der Waals surface area contributed by atoms with Crippen LogP contribution in [0, 0.1) is 6.92 Å². The number of aromatic nitrogens is 2. The minimum absolute atomic E-state index is 0.139. The number of hydrogen-bond donors (Lipinski definition) is 0. The van der Waals surface area contributed by atoms with E-state index in [1.807, 2.05) is 24.3 Å². The zero-order valence-corrected chi connectivity index (χ0v) is 13.7. The third kappa shape index (κ3) is 3.97. The summed E-state index contributed by atoms with van der Waals surface area (Å²) < 4.78 is 30.6. The Kier molecular flexibility index (Phi) is 4.72. The highest BCUT2D eigenvalue weighted by Crippen LogP contribution is 2.17. The van der Waals surface area contributed by atoms with Gasteiger partial charge in [0.05, 0.1) is 6.54 Å². The molecule has 0 aliphatic carbocycles. The number of halogens is 2. The van der Waals surface area contributed by atoms with Crippen molar-refractivity contribution in [2.75, 3.05) is 6.61 Å². The molecule has 2 aromatic rings. The third-order valence-corrected chi connectivity index (χ3v) is 4.32. The Morgan fingerprint density at radius 1 is 1.35 bits per heavy atom. The molecule has 0 saturated carbocycles. The van der Waals surface area contributed by atoms with Gasteiger partial charge in [0.1, 0.15) is 18.2 Å². The Morgan fingerprint density at radius 3 is 2.55 bits per heavy atom. The van der Waals surface area contributed by atoms with Crippen molar-refractivity contribution in [1.29, 1.82) is 0 Å². The van der Waals surface area contributed by atoms with Crippen LogP contribution in [0.5, 0.6) is 5.75 Å². The Morgan fingerprint density at radius 2 is 2.00 bits per heavy atom. The number of ether oxygens (including phenoxy) is 1. The molecule has 2 rings (SSSR count). The molecule has 5 nitrogen and oxygen atoms in total. The van der Waals surface area contributed by atoms with Crippen molar-refractivity contribution >= 4 is 35.7 Å². The molecule has 20 heavy (non-hydrogen) atoms. The quantitative estimate of drug-likeness (QED) is 0.749. The molecule has 0 fully saturated rings. The summed E-state index contributed by atoms with van der Waals surface area (Å²) in [7, 11) is 1.46. The van der Waals surface area contributed by atoms with Crippen LogP contribution in [0.15, 0.2) is 40.0 Å². The molecule has 0 unspecified atom stereocenters. The first-order chi connectivity index (χ1) is 9.36. The summed E-state index contributed by atoms with van der Waals surface area (Å²) in [6.45, 7) is 2.60. The fourth-order valence-electron chi connectivity index (χ4n) is 1.62. The molecule has 0 saturated heterocycles. The Bertz CT molecular complexity index is 698. The number of nitrogens with zero attached hydrogens (tertiary/aromatic N) is 2. The van der Waals surface area contributed by atoms with Crippen LogP contribution in [-0.2, 0) is 15.6 Å². The number of hydrogen-bond acceptors (Lipinski definition) is 4. The monoisotopic (exact) mass is 378 g/mol. The fraction of sp³-hybridized carbons (Fsp3) is 0.250. The first kappa shape index (κ1) is 15.3. The molecule has 0 N–H and O–H groups in total. The lowest BCUT2D eigenvalue weighted by Crippen LogP contribution is -2.08. The van der Waals surface area contributed by atoms with Crippen LogP contribution in [0.3, 0.4) is 0 Å². The van der Waals surface area contributed by atoms with Crippen LogP contribution in [0.2, 0.25) is 0 Å². The van der Waals surface area contributed by atoms with Crippen molar-refractivity contribution in [3.8, 4) is 5.75 Å². The summed E-state index contributed by atoms with van der Waals surface area (Å²) in [5.74, 6) is 1.32. The zero-order chi connectivity index (χ0) is 14.8. The van der Waals surface area contributed by atoms with Gasteiger partial charge in [-0.15, -0.1) is 0 Å². The van der Waals surface area contributed by atoms with Gasteiger partial charge in [-0.2, -0.15) is 0 Å². The highest BCUT2D eigenvalue weighted by molar-refractivity contribution is 9.10. The van der Waals surface area contributed by atoms with E-state index >= 15 is 0 Å². The van der Waals surface area contributed by atoms with E-state index in [1.54, 1.807) is 11.5 Å². The largest absolute Gasteiger partial charge is 0.492 e. The second-order valence-electron chi connectivity index (χ2n) is 4.06. The van der Waals surface area contributed by atoms with Gasteiger partial charge in [0.15, 0.2) is 5.03 Å². The van der Waals surface area contributed by atoms with E-state index in [1.165, 1.54) is 6.20 Å². The summed E-state index contributed by atoms with van der Waals surface area (Å²) in [4.78, 5) is 3.90. The van der Waals surface area contributed by atoms with Crippen molar-refractivity contribution in [3.63, 3.8) is 0 Å². The number of rotatable bonds is 5. The standard InChI is InChI=1S/C12H12BrClN2O3S/c1-9-15-12(20(14,17)18)8-16(9)6-7-19-11-4-2-10(13)3-5-11/h2-5,8H,6-7H2,1H3. The maximum Gasteiger partial charge on any atom is 0.280 e. The average Bonchev–Trinajstić information content (AvgIpc) is 2.74. The summed E-state index contributed by atoms with van der Waals surface area (Å²) in [5, 5.41) is -0.139. The van der Waals surface area contributed by atoms with Gasteiger partial charge in [0, 0.05) is 21.4 Å². The molecule has 0 amide bonds. The predicted octanol–water partition coefficient (Wildman–Crippen LogP) is 2.96. The topological polar surface area (TPSA) is 61.2 Å². The van der Waals surface area contributed by atoms with E-state index in [-0.39, 0.29) is 5.03 Å². The minimum atomic E-state index is -3.79. The lowest BCUT2D eigenvalue weighted by Gasteiger charge is -2.07. The van der Waals surface area contributed by atoms with E-state index in [0.717, 1.165) is 10.2 Å². The molecule has 0 atom stereocenters. The summed E-state index contributed by atoms with van der Waals surface area (Å²) in [6, 6.07) is 7.46. The van der Waals surface area contributed by atoms with Gasteiger partial charge in [-0.1, -0.05) is 15.9 Å². The molecule has 0 bridgehead atoms. The van der Waals surface area contributed by atoms with Gasteiger partial charge < -0.3 is 9.30 Å². The van der Waals surface area contributed by atoms with E-state index < -0.39 is 9.05 Å². The molecule has 0 spiro atoms. The van der Waals surface area contributed by atoms with E-state index in [4.69, 9.17) is 15.4 Å². The Labute approximate surface area is 130 Å². The first-order valence-electron chi connectivity index (χ1n) is 5.73. The van der Waals surface area contributed by atoms with E-state index in [0.29, 0.717) is 19.0 Å². The third-order valence-electron chi connectivity index (χ3n) is 2.62. The van der Waals surface area contributed by atoms with Crippen LogP contribution < -0.4 is 4.74 Å². The minimum Gasteiger partial charge on any atom is -0.492 e. The predicted molar refractivity (Wildman–Crippen MR) is 79.6 cm³/mol. The molecule has 108 valence electrons. The highest BCUT2D eigenvalue weighted by Gasteiger charge is 2.15.